The molecule has 2 fully saturated rings. The van der Waals surface area contributed by atoms with Gasteiger partial charge in [-0.3, -0.25) is 0 Å². The van der Waals surface area contributed by atoms with E-state index in [2.05, 4.69) is 6.92 Å². The molecule has 2 aliphatic heterocycles. The zero-order valence-electron chi connectivity index (χ0n) is 11.0. The van der Waals surface area contributed by atoms with Crippen molar-refractivity contribution in [2.75, 3.05) is 37.7 Å². The smallest absolute Gasteiger partial charge is 0.320 e. The van der Waals surface area contributed by atoms with E-state index in [1.807, 2.05) is 4.90 Å². The van der Waals surface area contributed by atoms with E-state index in [4.69, 9.17) is 0 Å². The number of urea groups is 1. The summed E-state index contributed by atoms with van der Waals surface area (Å²) in [5, 5.41) is 0. The minimum atomic E-state index is -2.94. The summed E-state index contributed by atoms with van der Waals surface area (Å²) in [4.78, 5) is 15.9. The molecule has 6 heteroatoms. The summed E-state index contributed by atoms with van der Waals surface area (Å²) in [7, 11) is -2.94. The Morgan fingerprint density at radius 1 is 1.06 bits per heavy atom. The molecule has 2 rings (SSSR count). The van der Waals surface area contributed by atoms with Crippen molar-refractivity contribution in [2.24, 2.45) is 5.92 Å². The monoisotopic (exact) mass is 274 g/mol. The summed E-state index contributed by atoms with van der Waals surface area (Å²) in [5.41, 5.74) is 0. The van der Waals surface area contributed by atoms with Crippen LogP contribution in [0.2, 0.25) is 0 Å². The van der Waals surface area contributed by atoms with Crippen LogP contribution < -0.4 is 0 Å². The van der Waals surface area contributed by atoms with E-state index in [9.17, 15) is 13.2 Å². The fraction of sp³-hybridized carbons (Fsp3) is 0.917. The molecule has 104 valence electrons. The molecule has 0 spiro atoms. The van der Waals surface area contributed by atoms with Crippen LogP contribution >= 0.6 is 0 Å². The summed E-state index contributed by atoms with van der Waals surface area (Å²) >= 11 is 0. The van der Waals surface area contributed by atoms with Crippen LogP contribution in [0.3, 0.4) is 0 Å². The SMILES string of the molecule is CC1CCCN(C(=O)N2CCCS(=O)(=O)CC2)C1. The normalized spacial score (nSPS) is 28.8. The second-order valence-corrected chi connectivity index (χ2v) is 7.77. The fourth-order valence-corrected chi connectivity index (χ4v) is 3.96. The van der Waals surface area contributed by atoms with E-state index in [1.54, 1.807) is 4.90 Å². The van der Waals surface area contributed by atoms with Gasteiger partial charge in [0.1, 0.15) is 0 Å². The average Bonchev–Trinajstić information content (AvgIpc) is 2.49. The molecule has 0 saturated carbocycles. The standard InChI is InChI=1S/C12H22N2O3S/c1-11-4-2-5-14(10-11)12(15)13-6-3-8-18(16,17)9-7-13/h11H,2-10H2,1H3. The van der Waals surface area contributed by atoms with Gasteiger partial charge in [0.05, 0.1) is 11.5 Å². The lowest BCUT2D eigenvalue weighted by atomic mass is 10.0. The molecular weight excluding hydrogens is 252 g/mol. The Kier molecular flexibility index (Phi) is 4.14. The van der Waals surface area contributed by atoms with E-state index in [-0.39, 0.29) is 17.5 Å². The first-order chi connectivity index (χ1) is 8.48. The van der Waals surface area contributed by atoms with Crippen molar-refractivity contribution in [1.29, 1.82) is 0 Å². The molecule has 0 aromatic heterocycles. The molecule has 18 heavy (non-hydrogen) atoms. The highest BCUT2D eigenvalue weighted by atomic mass is 32.2. The molecule has 1 atom stereocenters. The predicted molar refractivity (Wildman–Crippen MR) is 70.2 cm³/mol. The maximum absolute atomic E-state index is 12.3. The zero-order chi connectivity index (χ0) is 13.2. The lowest BCUT2D eigenvalue weighted by molar-refractivity contribution is 0.134. The summed E-state index contributed by atoms with van der Waals surface area (Å²) in [6.07, 6.45) is 2.80. The van der Waals surface area contributed by atoms with E-state index in [0.29, 0.717) is 25.4 Å². The summed E-state index contributed by atoms with van der Waals surface area (Å²) in [6, 6.07) is 0.0265. The Labute approximate surface area is 109 Å². The third kappa shape index (κ3) is 3.37. The number of piperidine rings is 1. The van der Waals surface area contributed by atoms with Gasteiger partial charge in [-0.15, -0.1) is 0 Å². The lowest BCUT2D eigenvalue weighted by Crippen LogP contribution is -2.48. The molecule has 1 unspecified atom stereocenters. The van der Waals surface area contributed by atoms with Gasteiger partial charge in [0, 0.05) is 26.2 Å². The van der Waals surface area contributed by atoms with Gasteiger partial charge in [-0.2, -0.15) is 0 Å². The molecule has 2 saturated heterocycles. The maximum atomic E-state index is 12.3. The zero-order valence-corrected chi connectivity index (χ0v) is 11.8. The minimum Gasteiger partial charge on any atom is -0.324 e. The van der Waals surface area contributed by atoms with E-state index >= 15 is 0 Å². The number of nitrogens with zero attached hydrogens (tertiary/aromatic N) is 2. The highest BCUT2D eigenvalue weighted by molar-refractivity contribution is 7.91. The first kappa shape index (κ1) is 13.6. The number of sulfone groups is 1. The topological polar surface area (TPSA) is 57.7 Å². The van der Waals surface area contributed by atoms with Crippen LogP contribution in [0.5, 0.6) is 0 Å². The number of rotatable bonds is 0. The molecule has 2 heterocycles. The number of carbonyl (C=O) groups excluding carboxylic acids is 1. The van der Waals surface area contributed by atoms with Crippen molar-refractivity contribution in [3.05, 3.63) is 0 Å². The Balaban J connectivity index is 1.96. The third-order valence-electron chi connectivity index (χ3n) is 3.75. The molecule has 0 N–H and O–H groups in total. The fourth-order valence-electron chi connectivity index (χ4n) is 2.69. The van der Waals surface area contributed by atoms with Gasteiger partial charge in [0.2, 0.25) is 0 Å². The van der Waals surface area contributed by atoms with Gasteiger partial charge in [0.25, 0.3) is 0 Å². The molecule has 2 amide bonds. The van der Waals surface area contributed by atoms with Gasteiger partial charge in [-0.1, -0.05) is 6.92 Å². The number of carbonyl (C=O) groups is 1. The van der Waals surface area contributed by atoms with Gasteiger partial charge < -0.3 is 9.80 Å². The molecule has 2 aliphatic rings. The van der Waals surface area contributed by atoms with Crippen LogP contribution in [0.4, 0.5) is 4.79 Å². The van der Waals surface area contributed by atoms with Crippen molar-refractivity contribution < 1.29 is 13.2 Å². The van der Waals surface area contributed by atoms with Crippen molar-refractivity contribution >= 4 is 15.9 Å². The van der Waals surface area contributed by atoms with E-state index in [0.717, 1.165) is 19.5 Å². The Bertz CT molecular complexity index is 408. The van der Waals surface area contributed by atoms with Crippen molar-refractivity contribution in [1.82, 2.24) is 9.80 Å². The number of hydrogen-bond donors (Lipinski definition) is 0. The van der Waals surface area contributed by atoms with Crippen molar-refractivity contribution in [3.63, 3.8) is 0 Å². The highest BCUT2D eigenvalue weighted by Crippen LogP contribution is 2.17. The van der Waals surface area contributed by atoms with Crippen LogP contribution in [-0.4, -0.2) is 61.9 Å². The van der Waals surface area contributed by atoms with E-state index in [1.165, 1.54) is 6.42 Å². The molecule has 0 aromatic rings. The Hall–Kier alpha value is -0.780. The van der Waals surface area contributed by atoms with E-state index < -0.39 is 9.84 Å². The van der Waals surface area contributed by atoms with Crippen molar-refractivity contribution in [2.45, 2.75) is 26.2 Å². The molecule has 0 radical (unpaired) electrons. The highest BCUT2D eigenvalue weighted by Gasteiger charge is 2.28. The molecular formula is C12H22N2O3S. The van der Waals surface area contributed by atoms with Crippen LogP contribution in [0.15, 0.2) is 0 Å². The minimum absolute atomic E-state index is 0.0265. The first-order valence-electron chi connectivity index (χ1n) is 6.72. The second-order valence-electron chi connectivity index (χ2n) is 5.47. The predicted octanol–water partition coefficient (Wildman–Crippen LogP) is 0.959. The van der Waals surface area contributed by atoms with Crippen LogP contribution in [0.1, 0.15) is 26.2 Å². The van der Waals surface area contributed by atoms with Crippen molar-refractivity contribution in [3.8, 4) is 0 Å². The van der Waals surface area contributed by atoms with Gasteiger partial charge in [-0.05, 0) is 25.2 Å². The summed E-state index contributed by atoms with van der Waals surface area (Å²) < 4.78 is 23.0. The Morgan fingerprint density at radius 3 is 2.50 bits per heavy atom. The largest absolute Gasteiger partial charge is 0.324 e. The lowest BCUT2D eigenvalue weighted by Gasteiger charge is -2.34. The quantitative estimate of drug-likeness (QED) is 0.661. The Morgan fingerprint density at radius 2 is 1.78 bits per heavy atom. The first-order valence-corrected chi connectivity index (χ1v) is 8.54. The number of hydrogen-bond acceptors (Lipinski definition) is 3. The summed E-state index contributed by atoms with van der Waals surface area (Å²) in [5.74, 6) is 0.883. The second kappa shape index (κ2) is 5.47. The molecule has 0 aliphatic carbocycles. The van der Waals surface area contributed by atoms with Crippen LogP contribution in [0, 0.1) is 5.92 Å². The van der Waals surface area contributed by atoms with Crippen LogP contribution in [-0.2, 0) is 9.84 Å². The number of amides is 2. The third-order valence-corrected chi connectivity index (χ3v) is 5.47. The molecule has 0 bridgehead atoms. The molecule has 0 aromatic carbocycles. The average molecular weight is 274 g/mol. The molecule has 5 nitrogen and oxygen atoms in total. The van der Waals surface area contributed by atoms with Crippen LogP contribution in [0.25, 0.3) is 0 Å². The summed E-state index contributed by atoms with van der Waals surface area (Å²) in [6.45, 7) is 4.70. The van der Waals surface area contributed by atoms with Gasteiger partial charge in [0.15, 0.2) is 9.84 Å². The van der Waals surface area contributed by atoms with Gasteiger partial charge >= 0.3 is 6.03 Å². The number of likely N-dealkylation sites (tertiary alicyclic amines) is 1. The van der Waals surface area contributed by atoms with Gasteiger partial charge in [-0.25, -0.2) is 13.2 Å². The maximum Gasteiger partial charge on any atom is 0.320 e.